The van der Waals surface area contributed by atoms with Gasteiger partial charge in [0, 0.05) is 25.4 Å². The van der Waals surface area contributed by atoms with Crippen molar-refractivity contribution >= 4 is 0 Å². The summed E-state index contributed by atoms with van der Waals surface area (Å²) in [5.74, 6) is 3.99. The van der Waals surface area contributed by atoms with Crippen LogP contribution in [0.1, 0.15) is 67.8 Å². The first kappa shape index (κ1) is 16.4. The minimum absolute atomic E-state index is 0.432. The van der Waals surface area contributed by atoms with Gasteiger partial charge in [-0.1, -0.05) is 5.16 Å². The SMILES string of the molecule is OC1(Cc2nc(C3CC3)no2)CCCN(Cc2nnc3n2CCCC3)C1. The van der Waals surface area contributed by atoms with Gasteiger partial charge in [-0.15, -0.1) is 10.2 Å². The van der Waals surface area contributed by atoms with E-state index in [4.69, 9.17) is 4.52 Å². The predicted octanol–water partition coefficient (Wildman–Crippen LogP) is 1.44. The molecule has 4 heterocycles. The minimum atomic E-state index is -0.809. The molecule has 26 heavy (non-hydrogen) atoms. The van der Waals surface area contributed by atoms with Gasteiger partial charge in [0.1, 0.15) is 11.6 Å². The number of aliphatic hydroxyl groups is 1. The highest BCUT2D eigenvalue weighted by Gasteiger charge is 2.37. The van der Waals surface area contributed by atoms with Crippen molar-refractivity contribution in [2.75, 3.05) is 13.1 Å². The number of piperidine rings is 1. The second-order valence-electron chi connectivity index (χ2n) is 8.18. The fourth-order valence-corrected chi connectivity index (χ4v) is 4.30. The topological polar surface area (TPSA) is 93.1 Å². The molecule has 2 aromatic rings. The van der Waals surface area contributed by atoms with E-state index in [9.17, 15) is 5.11 Å². The Morgan fingerprint density at radius 1 is 1.15 bits per heavy atom. The highest BCUT2D eigenvalue weighted by Crippen LogP contribution is 2.38. The van der Waals surface area contributed by atoms with Gasteiger partial charge < -0.3 is 14.2 Å². The third kappa shape index (κ3) is 3.27. The Morgan fingerprint density at radius 3 is 2.96 bits per heavy atom. The van der Waals surface area contributed by atoms with Gasteiger partial charge in [-0.05, 0) is 45.1 Å². The van der Waals surface area contributed by atoms with Gasteiger partial charge in [-0.3, -0.25) is 4.90 Å². The molecule has 0 radical (unpaired) electrons. The van der Waals surface area contributed by atoms with Crippen LogP contribution in [0.4, 0.5) is 0 Å². The lowest BCUT2D eigenvalue weighted by Gasteiger charge is -2.38. The molecule has 0 aromatic carbocycles. The molecule has 2 fully saturated rings. The maximum atomic E-state index is 11.1. The molecule has 1 saturated carbocycles. The number of rotatable bonds is 5. The number of β-amino-alcohol motifs (C(OH)–C–C–N with tert-alkyl or cyclic N) is 1. The molecule has 1 aliphatic carbocycles. The highest BCUT2D eigenvalue weighted by molar-refractivity contribution is 5.05. The zero-order valence-corrected chi connectivity index (χ0v) is 15.1. The molecule has 0 spiro atoms. The van der Waals surface area contributed by atoms with E-state index in [0.29, 0.717) is 24.8 Å². The second-order valence-corrected chi connectivity index (χ2v) is 8.18. The Morgan fingerprint density at radius 2 is 2.08 bits per heavy atom. The van der Waals surface area contributed by atoms with Crippen molar-refractivity contribution in [3.63, 3.8) is 0 Å². The summed E-state index contributed by atoms with van der Waals surface area (Å²) >= 11 is 0. The molecule has 1 saturated heterocycles. The molecule has 8 nitrogen and oxygen atoms in total. The number of aryl methyl sites for hydroxylation is 1. The number of nitrogens with zero attached hydrogens (tertiary/aromatic N) is 6. The average Bonchev–Trinajstić information content (AvgIpc) is 3.26. The summed E-state index contributed by atoms with van der Waals surface area (Å²) < 4.78 is 7.64. The van der Waals surface area contributed by atoms with E-state index in [2.05, 4.69) is 29.8 Å². The summed E-state index contributed by atoms with van der Waals surface area (Å²) in [5.41, 5.74) is -0.809. The standard InChI is InChI=1S/C18H26N6O2/c25-18(10-16-19-17(22-26-16)13-5-6-13)7-3-8-23(12-18)11-15-21-20-14-4-1-2-9-24(14)15/h13,25H,1-12H2. The summed E-state index contributed by atoms with van der Waals surface area (Å²) in [5, 5.41) is 23.9. The highest BCUT2D eigenvalue weighted by atomic mass is 16.5. The number of hydrogen-bond acceptors (Lipinski definition) is 7. The van der Waals surface area contributed by atoms with Crippen molar-refractivity contribution in [2.45, 2.75) is 76.0 Å². The van der Waals surface area contributed by atoms with Crippen LogP contribution in [0.25, 0.3) is 0 Å². The summed E-state index contributed by atoms with van der Waals surface area (Å²) in [6.45, 7) is 3.34. The van der Waals surface area contributed by atoms with Gasteiger partial charge >= 0.3 is 0 Å². The van der Waals surface area contributed by atoms with Crippen molar-refractivity contribution < 1.29 is 9.63 Å². The Bertz CT molecular complexity index is 782. The number of aromatic nitrogens is 5. The van der Waals surface area contributed by atoms with Crippen LogP contribution in [-0.4, -0.2) is 53.6 Å². The second kappa shape index (κ2) is 6.42. The monoisotopic (exact) mass is 358 g/mol. The molecule has 2 aromatic heterocycles. The lowest BCUT2D eigenvalue weighted by molar-refractivity contribution is -0.0382. The summed E-state index contributed by atoms with van der Waals surface area (Å²) in [7, 11) is 0. The largest absolute Gasteiger partial charge is 0.388 e. The number of fused-ring (bicyclic) bond motifs is 1. The normalized spacial score (nSPS) is 26.8. The van der Waals surface area contributed by atoms with E-state index < -0.39 is 5.60 Å². The van der Waals surface area contributed by atoms with Crippen LogP contribution < -0.4 is 0 Å². The third-order valence-corrected chi connectivity index (χ3v) is 5.84. The smallest absolute Gasteiger partial charge is 0.229 e. The lowest BCUT2D eigenvalue weighted by atomic mass is 9.89. The molecule has 1 atom stereocenters. The molecule has 2 aliphatic heterocycles. The van der Waals surface area contributed by atoms with E-state index in [1.807, 2.05) is 0 Å². The van der Waals surface area contributed by atoms with Crippen LogP contribution in [-0.2, 0) is 25.9 Å². The molecule has 140 valence electrons. The van der Waals surface area contributed by atoms with Crippen LogP contribution in [0, 0.1) is 0 Å². The van der Waals surface area contributed by atoms with Gasteiger partial charge in [0.25, 0.3) is 0 Å². The Balaban J connectivity index is 1.25. The van der Waals surface area contributed by atoms with E-state index in [1.54, 1.807) is 0 Å². The molecular formula is C18H26N6O2. The summed E-state index contributed by atoms with van der Waals surface area (Å²) in [6.07, 6.45) is 7.89. The van der Waals surface area contributed by atoms with Crippen molar-refractivity contribution in [1.29, 1.82) is 0 Å². The van der Waals surface area contributed by atoms with Crippen LogP contribution in [0.3, 0.4) is 0 Å². The summed E-state index contributed by atoms with van der Waals surface area (Å²) in [6, 6.07) is 0. The van der Waals surface area contributed by atoms with Crippen LogP contribution >= 0.6 is 0 Å². The zero-order valence-electron chi connectivity index (χ0n) is 15.1. The molecule has 0 amide bonds. The van der Waals surface area contributed by atoms with Gasteiger partial charge in [-0.25, -0.2) is 0 Å². The number of likely N-dealkylation sites (tertiary alicyclic amines) is 1. The van der Waals surface area contributed by atoms with Crippen LogP contribution in [0.2, 0.25) is 0 Å². The van der Waals surface area contributed by atoms with E-state index in [-0.39, 0.29) is 0 Å². The maximum absolute atomic E-state index is 11.1. The first-order valence-electron chi connectivity index (χ1n) is 9.87. The lowest BCUT2D eigenvalue weighted by Crippen LogP contribution is -2.49. The first-order valence-corrected chi connectivity index (χ1v) is 9.87. The van der Waals surface area contributed by atoms with Gasteiger partial charge in [0.05, 0.1) is 18.6 Å². The summed E-state index contributed by atoms with van der Waals surface area (Å²) in [4.78, 5) is 6.77. The maximum Gasteiger partial charge on any atom is 0.229 e. The van der Waals surface area contributed by atoms with E-state index >= 15 is 0 Å². The van der Waals surface area contributed by atoms with Crippen molar-refractivity contribution in [3.8, 4) is 0 Å². The molecule has 1 N–H and O–H groups in total. The van der Waals surface area contributed by atoms with Crippen molar-refractivity contribution in [1.82, 2.24) is 29.8 Å². The first-order chi connectivity index (χ1) is 12.7. The van der Waals surface area contributed by atoms with Crippen LogP contribution in [0.5, 0.6) is 0 Å². The Kier molecular flexibility index (Phi) is 4.04. The Labute approximate surface area is 152 Å². The quantitative estimate of drug-likeness (QED) is 0.864. The molecule has 0 bridgehead atoms. The van der Waals surface area contributed by atoms with Crippen molar-refractivity contribution in [2.24, 2.45) is 0 Å². The van der Waals surface area contributed by atoms with Gasteiger partial charge in [-0.2, -0.15) is 4.98 Å². The fourth-order valence-electron chi connectivity index (χ4n) is 4.30. The zero-order chi connectivity index (χ0) is 17.6. The molecule has 1 unspecified atom stereocenters. The molecule has 5 rings (SSSR count). The molecular weight excluding hydrogens is 332 g/mol. The average molecular weight is 358 g/mol. The van der Waals surface area contributed by atoms with Gasteiger partial charge in [0.15, 0.2) is 5.82 Å². The number of hydrogen-bond donors (Lipinski definition) is 1. The van der Waals surface area contributed by atoms with Gasteiger partial charge in [0.2, 0.25) is 5.89 Å². The van der Waals surface area contributed by atoms with Crippen LogP contribution in [0.15, 0.2) is 4.52 Å². The Hall–Kier alpha value is -1.80. The van der Waals surface area contributed by atoms with E-state index in [0.717, 1.165) is 69.2 Å². The molecule has 3 aliphatic rings. The predicted molar refractivity (Wildman–Crippen MR) is 92.4 cm³/mol. The van der Waals surface area contributed by atoms with E-state index in [1.165, 1.54) is 12.8 Å². The fraction of sp³-hybridized carbons (Fsp3) is 0.778. The molecule has 8 heteroatoms. The third-order valence-electron chi connectivity index (χ3n) is 5.84. The minimum Gasteiger partial charge on any atom is -0.388 e. The van der Waals surface area contributed by atoms with Crippen molar-refractivity contribution in [3.05, 3.63) is 23.4 Å².